The van der Waals surface area contributed by atoms with Gasteiger partial charge in [-0.2, -0.15) is 0 Å². The second-order valence-corrected chi connectivity index (χ2v) is 3.14. The van der Waals surface area contributed by atoms with Gasteiger partial charge in [-0.25, -0.2) is 4.68 Å². The normalized spacial score (nSPS) is 9.86. The number of hydrogen-bond acceptors (Lipinski definition) is 5. The summed E-state index contributed by atoms with van der Waals surface area (Å²) in [5, 5.41) is 13.7. The third-order valence-corrected chi connectivity index (χ3v) is 1.83. The molecule has 76 valence electrons. The van der Waals surface area contributed by atoms with E-state index in [1.807, 2.05) is 0 Å². The summed E-state index contributed by atoms with van der Waals surface area (Å²) < 4.78 is 1.49. The second kappa shape index (κ2) is 4.75. The summed E-state index contributed by atoms with van der Waals surface area (Å²) in [5.41, 5.74) is 0.479. The van der Waals surface area contributed by atoms with Crippen LogP contribution in [-0.2, 0) is 11.3 Å². The van der Waals surface area contributed by atoms with Gasteiger partial charge in [0, 0.05) is 12.1 Å². The Bertz CT molecular complexity index is 348. The maximum absolute atomic E-state index is 11.1. The van der Waals surface area contributed by atoms with Crippen molar-refractivity contribution in [1.29, 1.82) is 0 Å². The number of nitrogens with zero attached hydrogens (tertiary/aromatic N) is 4. The molecular formula is C7H11N5OS. The molecule has 0 fully saturated rings. The number of thiol groups is 1. The molecule has 1 amide bonds. The lowest BCUT2D eigenvalue weighted by molar-refractivity contribution is -0.117. The fourth-order valence-corrected chi connectivity index (χ4v) is 0.951. The molecule has 1 rings (SSSR count). The number of rotatable bonds is 4. The van der Waals surface area contributed by atoms with Crippen molar-refractivity contribution in [3.05, 3.63) is 12.2 Å². The SMILES string of the molecule is C=C(C)C(=O)NCCn1nnnc1S. The molecule has 0 aliphatic heterocycles. The molecule has 0 atom stereocenters. The molecule has 1 heterocycles. The Balaban J connectivity index is 2.32. The Morgan fingerprint density at radius 3 is 2.93 bits per heavy atom. The zero-order chi connectivity index (χ0) is 10.6. The van der Waals surface area contributed by atoms with E-state index < -0.39 is 0 Å². The Morgan fingerprint density at radius 1 is 1.71 bits per heavy atom. The van der Waals surface area contributed by atoms with Crippen molar-refractivity contribution in [2.45, 2.75) is 18.6 Å². The van der Waals surface area contributed by atoms with Gasteiger partial charge >= 0.3 is 0 Å². The molecule has 0 radical (unpaired) electrons. The lowest BCUT2D eigenvalue weighted by Crippen LogP contribution is -2.27. The van der Waals surface area contributed by atoms with Crippen LogP contribution < -0.4 is 5.32 Å². The minimum absolute atomic E-state index is 0.168. The first-order valence-corrected chi connectivity index (χ1v) is 4.45. The number of amides is 1. The van der Waals surface area contributed by atoms with Crippen LogP contribution in [-0.4, -0.2) is 32.7 Å². The number of nitrogens with one attached hydrogen (secondary N) is 1. The van der Waals surface area contributed by atoms with Gasteiger partial charge in [0.25, 0.3) is 0 Å². The lowest BCUT2D eigenvalue weighted by Gasteiger charge is -2.04. The van der Waals surface area contributed by atoms with Gasteiger partial charge in [0.15, 0.2) is 0 Å². The molecule has 14 heavy (non-hydrogen) atoms. The van der Waals surface area contributed by atoms with Gasteiger partial charge in [-0.05, 0) is 17.4 Å². The standard InChI is InChI=1S/C7H11N5OS/c1-5(2)6(13)8-3-4-12-7(14)9-10-11-12/h1,3-4H2,2H3,(H,8,13)(H,9,11,14). The Morgan fingerprint density at radius 2 is 2.43 bits per heavy atom. The molecule has 0 spiro atoms. The largest absolute Gasteiger partial charge is 0.350 e. The van der Waals surface area contributed by atoms with Crippen molar-refractivity contribution in [2.75, 3.05) is 6.54 Å². The van der Waals surface area contributed by atoms with Crippen LogP contribution in [0.3, 0.4) is 0 Å². The molecule has 0 aliphatic rings. The smallest absolute Gasteiger partial charge is 0.246 e. The van der Waals surface area contributed by atoms with Gasteiger partial charge < -0.3 is 5.32 Å². The molecule has 0 bridgehead atoms. The number of aromatic nitrogens is 4. The molecule has 0 aliphatic carbocycles. The van der Waals surface area contributed by atoms with Crippen LogP contribution in [0.1, 0.15) is 6.92 Å². The van der Waals surface area contributed by atoms with Gasteiger partial charge in [0.2, 0.25) is 11.1 Å². The third-order valence-electron chi connectivity index (χ3n) is 1.51. The summed E-state index contributed by atoms with van der Waals surface area (Å²) in [6.07, 6.45) is 0. The molecule has 0 saturated carbocycles. The minimum Gasteiger partial charge on any atom is -0.350 e. The summed E-state index contributed by atoms with van der Waals surface area (Å²) >= 11 is 4.01. The highest BCUT2D eigenvalue weighted by Crippen LogP contribution is 1.95. The third kappa shape index (κ3) is 2.84. The average Bonchev–Trinajstić information content (AvgIpc) is 2.51. The predicted octanol–water partition coefficient (Wildman–Crippen LogP) is -0.346. The van der Waals surface area contributed by atoms with Gasteiger partial charge in [-0.3, -0.25) is 4.79 Å². The first kappa shape index (κ1) is 10.7. The van der Waals surface area contributed by atoms with Crippen molar-refractivity contribution in [2.24, 2.45) is 0 Å². The number of carbonyl (C=O) groups excluding carboxylic acids is 1. The molecule has 1 aromatic rings. The van der Waals surface area contributed by atoms with E-state index in [-0.39, 0.29) is 5.91 Å². The number of tetrazole rings is 1. The molecule has 0 saturated heterocycles. The summed E-state index contributed by atoms with van der Waals surface area (Å²) in [6.45, 7) is 6.10. The topological polar surface area (TPSA) is 72.7 Å². The summed E-state index contributed by atoms with van der Waals surface area (Å²) in [6, 6.07) is 0. The van der Waals surface area contributed by atoms with E-state index in [1.165, 1.54) is 4.68 Å². The van der Waals surface area contributed by atoms with Crippen LogP contribution in [0.25, 0.3) is 0 Å². The molecule has 0 aromatic carbocycles. The van der Waals surface area contributed by atoms with Crippen LogP contribution in [0.5, 0.6) is 0 Å². The van der Waals surface area contributed by atoms with Gasteiger partial charge in [0.05, 0.1) is 6.54 Å². The van der Waals surface area contributed by atoms with Crippen molar-refractivity contribution in [3.8, 4) is 0 Å². The van der Waals surface area contributed by atoms with Crippen LogP contribution in [0.2, 0.25) is 0 Å². The molecule has 0 unspecified atom stereocenters. The van der Waals surface area contributed by atoms with E-state index in [1.54, 1.807) is 6.92 Å². The van der Waals surface area contributed by atoms with E-state index in [2.05, 4.69) is 40.0 Å². The molecule has 1 aromatic heterocycles. The molecule has 1 N–H and O–H groups in total. The van der Waals surface area contributed by atoms with Crippen molar-refractivity contribution in [3.63, 3.8) is 0 Å². The maximum atomic E-state index is 11.1. The summed E-state index contributed by atoms with van der Waals surface area (Å²) in [4.78, 5) is 11.1. The van der Waals surface area contributed by atoms with Crippen LogP contribution in [0.15, 0.2) is 17.3 Å². The highest BCUT2D eigenvalue weighted by atomic mass is 32.1. The monoisotopic (exact) mass is 213 g/mol. The fourth-order valence-electron chi connectivity index (χ4n) is 0.771. The van der Waals surface area contributed by atoms with Crippen molar-refractivity contribution in [1.82, 2.24) is 25.5 Å². The Hall–Kier alpha value is -1.37. The molecule has 6 nitrogen and oxygen atoms in total. The zero-order valence-electron chi connectivity index (χ0n) is 7.77. The van der Waals surface area contributed by atoms with Crippen molar-refractivity contribution < 1.29 is 4.79 Å². The van der Waals surface area contributed by atoms with Gasteiger partial charge in [-0.15, -0.1) is 17.7 Å². The lowest BCUT2D eigenvalue weighted by atomic mass is 10.3. The first-order valence-electron chi connectivity index (χ1n) is 4.00. The summed E-state index contributed by atoms with van der Waals surface area (Å²) in [7, 11) is 0. The average molecular weight is 213 g/mol. The van der Waals surface area contributed by atoms with E-state index >= 15 is 0 Å². The quantitative estimate of drug-likeness (QED) is 0.530. The number of carbonyl (C=O) groups is 1. The van der Waals surface area contributed by atoms with Crippen LogP contribution in [0, 0.1) is 0 Å². The highest BCUT2D eigenvalue weighted by Gasteiger charge is 2.02. The van der Waals surface area contributed by atoms with Crippen LogP contribution >= 0.6 is 12.6 Å². The van der Waals surface area contributed by atoms with E-state index in [0.717, 1.165) is 0 Å². The maximum Gasteiger partial charge on any atom is 0.246 e. The van der Waals surface area contributed by atoms with E-state index in [0.29, 0.717) is 23.8 Å². The van der Waals surface area contributed by atoms with Crippen LogP contribution in [0.4, 0.5) is 0 Å². The van der Waals surface area contributed by atoms with Gasteiger partial charge in [0.1, 0.15) is 0 Å². The summed E-state index contributed by atoms with van der Waals surface area (Å²) in [5.74, 6) is -0.168. The van der Waals surface area contributed by atoms with E-state index in [9.17, 15) is 4.79 Å². The van der Waals surface area contributed by atoms with E-state index in [4.69, 9.17) is 0 Å². The highest BCUT2D eigenvalue weighted by molar-refractivity contribution is 7.80. The van der Waals surface area contributed by atoms with Gasteiger partial charge in [-0.1, -0.05) is 6.58 Å². The predicted molar refractivity (Wildman–Crippen MR) is 52.9 cm³/mol. The molecule has 7 heteroatoms. The first-order chi connectivity index (χ1) is 6.61. The fraction of sp³-hybridized carbons (Fsp3) is 0.429. The Labute approximate surface area is 86.8 Å². The second-order valence-electron chi connectivity index (χ2n) is 2.74. The van der Waals surface area contributed by atoms with Crippen molar-refractivity contribution >= 4 is 18.5 Å². The minimum atomic E-state index is -0.168. The molecular weight excluding hydrogens is 202 g/mol. The number of hydrogen-bond donors (Lipinski definition) is 2. The Kier molecular flexibility index (Phi) is 3.63. The zero-order valence-corrected chi connectivity index (χ0v) is 8.66.